The second kappa shape index (κ2) is 7.40. The molecule has 1 fully saturated rings. The zero-order valence-electron chi connectivity index (χ0n) is 10.6. The molecule has 1 aliphatic rings. The molecule has 7 nitrogen and oxygen atoms in total. The molecule has 106 valence electrons. The molecule has 1 unspecified atom stereocenters. The average Bonchev–Trinajstić information content (AvgIpc) is 2.51. The van der Waals surface area contributed by atoms with Crippen molar-refractivity contribution in [2.75, 3.05) is 19.7 Å². The van der Waals surface area contributed by atoms with Crippen molar-refractivity contribution in [3.63, 3.8) is 0 Å². The van der Waals surface area contributed by atoms with Gasteiger partial charge in [-0.05, 0) is 19.3 Å². The van der Waals surface area contributed by atoms with E-state index in [1.807, 2.05) is 0 Å². The molecule has 0 spiro atoms. The zero-order chi connectivity index (χ0) is 14.3. The maximum atomic E-state index is 12.1. The summed E-state index contributed by atoms with van der Waals surface area (Å²) in [6.07, 6.45) is 2.67. The summed E-state index contributed by atoms with van der Waals surface area (Å²) >= 11 is 0. The van der Waals surface area contributed by atoms with Gasteiger partial charge in [0, 0.05) is 6.54 Å². The van der Waals surface area contributed by atoms with E-state index in [-0.39, 0.29) is 19.1 Å². The lowest BCUT2D eigenvalue weighted by atomic mass is 10.1. The van der Waals surface area contributed by atoms with Crippen molar-refractivity contribution >= 4 is 18.0 Å². The molecule has 1 aliphatic heterocycles. The predicted molar refractivity (Wildman–Crippen MR) is 66.5 cm³/mol. The Balaban J connectivity index is 2.59. The molecule has 2 N–H and O–H groups in total. The third-order valence-electron chi connectivity index (χ3n) is 2.73. The van der Waals surface area contributed by atoms with Crippen LogP contribution in [0.25, 0.3) is 0 Å². The number of aliphatic carboxylic acids is 1. The minimum Gasteiger partial charge on any atom is -0.480 e. The lowest BCUT2D eigenvalue weighted by Crippen LogP contribution is -2.48. The van der Waals surface area contributed by atoms with Gasteiger partial charge in [0.2, 0.25) is 5.91 Å². The first-order chi connectivity index (χ1) is 9.04. The smallest absolute Gasteiger partial charge is 0.408 e. The number of carboxylic acids is 1. The molecular formula is C12H18N2O5. The largest absolute Gasteiger partial charge is 0.480 e. The van der Waals surface area contributed by atoms with Gasteiger partial charge in [-0.3, -0.25) is 9.59 Å². The number of amides is 2. The Hall–Kier alpha value is -2.05. The summed E-state index contributed by atoms with van der Waals surface area (Å²) in [4.78, 5) is 35.4. The molecule has 1 atom stereocenters. The Bertz CT molecular complexity index is 369. The van der Waals surface area contributed by atoms with Crippen LogP contribution < -0.4 is 5.32 Å². The first-order valence-electron chi connectivity index (χ1n) is 6.09. The molecule has 19 heavy (non-hydrogen) atoms. The first kappa shape index (κ1) is 15.0. The predicted octanol–water partition coefficient (Wildman–Crippen LogP) is 0.364. The maximum Gasteiger partial charge on any atom is 0.408 e. The van der Waals surface area contributed by atoms with Crippen LogP contribution in [0.2, 0.25) is 0 Å². The summed E-state index contributed by atoms with van der Waals surface area (Å²) in [6.45, 7) is 3.52. The van der Waals surface area contributed by atoms with E-state index in [1.165, 1.54) is 11.0 Å². The maximum absolute atomic E-state index is 12.1. The van der Waals surface area contributed by atoms with Crippen molar-refractivity contribution < 1.29 is 24.2 Å². The molecule has 1 heterocycles. The van der Waals surface area contributed by atoms with Gasteiger partial charge in [0.15, 0.2) is 0 Å². The van der Waals surface area contributed by atoms with Gasteiger partial charge in [-0.25, -0.2) is 4.79 Å². The highest BCUT2D eigenvalue weighted by Crippen LogP contribution is 2.12. The van der Waals surface area contributed by atoms with Crippen LogP contribution in [0.5, 0.6) is 0 Å². The monoisotopic (exact) mass is 270 g/mol. The minimum absolute atomic E-state index is 0.0611. The first-order valence-corrected chi connectivity index (χ1v) is 6.09. The number of hydrogen-bond acceptors (Lipinski definition) is 4. The molecule has 0 bridgehead atoms. The highest BCUT2D eigenvalue weighted by Gasteiger charge is 2.29. The Morgan fingerprint density at radius 2 is 2.26 bits per heavy atom. The van der Waals surface area contributed by atoms with Crippen LogP contribution in [0, 0.1) is 0 Å². The van der Waals surface area contributed by atoms with Crippen molar-refractivity contribution in [1.29, 1.82) is 0 Å². The second-order valence-corrected chi connectivity index (χ2v) is 4.23. The third-order valence-corrected chi connectivity index (χ3v) is 2.73. The number of carboxylic acid groups (broad SMARTS) is 1. The average molecular weight is 270 g/mol. The van der Waals surface area contributed by atoms with Crippen molar-refractivity contribution in [2.45, 2.75) is 25.3 Å². The van der Waals surface area contributed by atoms with Crippen molar-refractivity contribution in [3.8, 4) is 0 Å². The molecular weight excluding hydrogens is 252 g/mol. The van der Waals surface area contributed by atoms with Crippen LogP contribution in [0.1, 0.15) is 19.3 Å². The number of rotatable bonds is 5. The lowest BCUT2D eigenvalue weighted by molar-refractivity contribution is -0.144. The molecule has 2 amide bonds. The van der Waals surface area contributed by atoms with E-state index in [0.29, 0.717) is 13.0 Å². The topological polar surface area (TPSA) is 95.9 Å². The number of carbonyl (C=O) groups is 3. The van der Waals surface area contributed by atoms with Crippen LogP contribution >= 0.6 is 0 Å². The molecule has 0 radical (unpaired) electrons. The van der Waals surface area contributed by atoms with Crippen molar-refractivity contribution in [1.82, 2.24) is 10.2 Å². The van der Waals surface area contributed by atoms with Crippen LogP contribution in [-0.4, -0.2) is 53.7 Å². The van der Waals surface area contributed by atoms with Crippen LogP contribution in [-0.2, 0) is 14.3 Å². The van der Waals surface area contributed by atoms with Crippen LogP contribution in [0.15, 0.2) is 12.7 Å². The number of nitrogens with zero attached hydrogens (tertiary/aromatic N) is 1. The number of nitrogens with one attached hydrogen (secondary N) is 1. The van der Waals surface area contributed by atoms with E-state index in [0.717, 1.165) is 12.8 Å². The number of alkyl carbamates (subject to hydrolysis) is 1. The molecule has 7 heteroatoms. The highest BCUT2D eigenvalue weighted by atomic mass is 16.5. The summed E-state index contributed by atoms with van der Waals surface area (Å²) < 4.78 is 4.74. The molecule has 0 aliphatic carbocycles. The molecule has 0 saturated carbocycles. The molecule has 1 saturated heterocycles. The fourth-order valence-electron chi connectivity index (χ4n) is 1.88. The van der Waals surface area contributed by atoms with E-state index in [4.69, 9.17) is 9.84 Å². The quantitative estimate of drug-likeness (QED) is 0.703. The Labute approximate surface area is 111 Å². The second-order valence-electron chi connectivity index (χ2n) is 4.23. The van der Waals surface area contributed by atoms with E-state index in [2.05, 4.69) is 11.9 Å². The normalized spacial score (nSPS) is 19.5. The Morgan fingerprint density at radius 3 is 2.89 bits per heavy atom. The highest BCUT2D eigenvalue weighted by molar-refractivity contribution is 5.88. The Kier molecular flexibility index (Phi) is 5.84. The van der Waals surface area contributed by atoms with E-state index in [1.54, 1.807) is 0 Å². The van der Waals surface area contributed by atoms with E-state index in [9.17, 15) is 14.4 Å². The molecule has 1 rings (SSSR count). The third kappa shape index (κ3) is 4.99. The van der Waals surface area contributed by atoms with Crippen molar-refractivity contribution in [3.05, 3.63) is 12.7 Å². The molecule has 0 aromatic heterocycles. The molecule has 0 aromatic carbocycles. The van der Waals surface area contributed by atoms with Gasteiger partial charge in [-0.2, -0.15) is 0 Å². The van der Waals surface area contributed by atoms with Gasteiger partial charge in [-0.15, -0.1) is 0 Å². The summed E-state index contributed by atoms with van der Waals surface area (Å²) in [5.41, 5.74) is 0. The van der Waals surface area contributed by atoms with Gasteiger partial charge in [0.05, 0.1) is 0 Å². The van der Waals surface area contributed by atoms with Gasteiger partial charge in [0.25, 0.3) is 0 Å². The lowest BCUT2D eigenvalue weighted by Gasteiger charge is -2.22. The zero-order valence-corrected chi connectivity index (χ0v) is 10.6. The number of ether oxygens (including phenoxy) is 1. The standard InChI is InChI=1S/C12H18N2O5/c1-2-7-19-12(18)13-9-5-3-4-6-14(11(9)17)8-10(15)16/h2,9H,1,3-8H2,(H,13,18)(H,15,16). The van der Waals surface area contributed by atoms with E-state index < -0.39 is 18.1 Å². The number of hydrogen-bond donors (Lipinski definition) is 2. The minimum atomic E-state index is -1.07. The van der Waals surface area contributed by atoms with Gasteiger partial charge in [0.1, 0.15) is 19.2 Å². The Morgan fingerprint density at radius 1 is 1.53 bits per heavy atom. The fourth-order valence-corrected chi connectivity index (χ4v) is 1.88. The number of likely N-dealkylation sites (tertiary alicyclic amines) is 1. The van der Waals surface area contributed by atoms with Gasteiger partial charge >= 0.3 is 12.1 Å². The van der Waals surface area contributed by atoms with E-state index >= 15 is 0 Å². The van der Waals surface area contributed by atoms with Gasteiger partial charge < -0.3 is 20.1 Å². The summed E-state index contributed by atoms with van der Waals surface area (Å²) in [5, 5.41) is 11.2. The van der Waals surface area contributed by atoms with Crippen molar-refractivity contribution in [2.24, 2.45) is 0 Å². The van der Waals surface area contributed by atoms with Crippen LogP contribution in [0.4, 0.5) is 4.79 Å². The summed E-state index contributed by atoms with van der Waals surface area (Å²) in [7, 11) is 0. The van der Waals surface area contributed by atoms with Crippen LogP contribution in [0.3, 0.4) is 0 Å². The fraction of sp³-hybridized carbons (Fsp3) is 0.583. The summed E-state index contributed by atoms with van der Waals surface area (Å²) in [6, 6.07) is -0.723. The number of carbonyl (C=O) groups excluding carboxylic acids is 2. The SMILES string of the molecule is C=CCOC(=O)NC1CCCCN(CC(=O)O)C1=O. The molecule has 0 aromatic rings. The summed E-state index contributed by atoms with van der Waals surface area (Å²) in [5.74, 6) is -1.45. The van der Waals surface area contributed by atoms with Gasteiger partial charge in [-0.1, -0.05) is 12.7 Å².